The second kappa shape index (κ2) is 7.46. The highest BCUT2D eigenvalue weighted by molar-refractivity contribution is 6.32. The largest absolute Gasteiger partial charge is 0.479 e. The number of hydrogen-bond donors (Lipinski definition) is 1. The lowest BCUT2D eigenvalue weighted by Crippen LogP contribution is -2.40. The molecule has 0 bridgehead atoms. The van der Waals surface area contributed by atoms with Crippen LogP contribution in [0.4, 0.5) is 0 Å². The Hall–Kier alpha value is -2.04. The van der Waals surface area contributed by atoms with Crippen LogP contribution in [0.3, 0.4) is 0 Å². The molecule has 25 heavy (non-hydrogen) atoms. The number of carbonyl (C=O) groups excluding carboxylic acids is 1. The van der Waals surface area contributed by atoms with E-state index in [0.717, 1.165) is 5.56 Å². The van der Waals surface area contributed by atoms with E-state index < -0.39 is 6.10 Å². The molecule has 0 saturated carbocycles. The number of amides is 1. The molecule has 4 nitrogen and oxygen atoms in total. The predicted octanol–water partition coefficient (Wildman–Crippen LogP) is 3.37. The van der Waals surface area contributed by atoms with Crippen molar-refractivity contribution in [2.24, 2.45) is 5.73 Å². The molecule has 2 N–H and O–H groups in total. The molecule has 3 rings (SSSR count). The van der Waals surface area contributed by atoms with Gasteiger partial charge in [-0.3, -0.25) is 4.79 Å². The van der Waals surface area contributed by atoms with E-state index in [1.165, 1.54) is 5.56 Å². The number of likely N-dealkylation sites (tertiary alicyclic amines) is 1. The number of carbonyl (C=O) groups is 1. The molecule has 2 aromatic carbocycles. The number of hydrogen-bond acceptors (Lipinski definition) is 3. The predicted molar refractivity (Wildman–Crippen MR) is 100 cm³/mol. The molecular formula is C20H23ClN2O2. The Kier molecular flexibility index (Phi) is 5.30. The maximum atomic E-state index is 12.8. The van der Waals surface area contributed by atoms with Crippen LogP contribution in [0.25, 0.3) is 0 Å². The van der Waals surface area contributed by atoms with E-state index >= 15 is 0 Å². The second-order valence-electron chi connectivity index (χ2n) is 6.62. The summed E-state index contributed by atoms with van der Waals surface area (Å²) in [5.41, 5.74) is 8.48. The van der Waals surface area contributed by atoms with E-state index in [1.54, 1.807) is 17.9 Å². The van der Waals surface area contributed by atoms with Gasteiger partial charge in [-0.15, -0.1) is 0 Å². The van der Waals surface area contributed by atoms with E-state index in [9.17, 15) is 4.79 Å². The van der Waals surface area contributed by atoms with Gasteiger partial charge in [-0.1, -0.05) is 48.0 Å². The highest BCUT2D eigenvalue weighted by atomic mass is 35.5. The zero-order valence-electron chi connectivity index (χ0n) is 14.5. The molecule has 0 radical (unpaired) electrons. The van der Waals surface area contributed by atoms with Gasteiger partial charge in [0, 0.05) is 25.0 Å². The summed E-state index contributed by atoms with van der Waals surface area (Å²) in [6, 6.07) is 15.6. The molecule has 1 heterocycles. The standard InChI is InChI=1S/C20H23ClN2O2/c1-13-8-9-17(21)19(10-13)25-14(2)20(24)23-11-16(18(22)12-23)15-6-4-3-5-7-15/h3-10,14,16,18H,11-12,22H2,1-2H3/t14?,16-,18+/m0/s1. The smallest absolute Gasteiger partial charge is 0.263 e. The van der Waals surface area contributed by atoms with Crippen LogP contribution in [0.2, 0.25) is 5.02 Å². The summed E-state index contributed by atoms with van der Waals surface area (Å²) >= 11 is 6.16. The van der Waals surface area contributed by atoms with Gasteiger partial charge in [-0.25, -0.2) is 0 Å². The first-order chi connectivity index (χ1) is 12.0. The minimum absolute atomic E-state index is 0.0635. The van der Waals surface area contributed by atoms with E-state index in [0.29, 0.717) is 23.9 Å². The summed E-state index contributed by atoms with van der Waals surface area (Å²) in [6.45, 7) is 4.86. The highest BCUT2D eigenvalue weighted by Gasteiger charge is 2.36. The van der Waals surface area contributed by atoms with Crippen molar-refractivity contribution in [3.8, 4) is 5.75 Å². The topological polar surface area (TPSA) is 55.6 Å². The average Bonchev–Trinajstić information content (AvgIpc) is 3.00. The zero-order valence-corrected chi connectivity index (χ0v) is 15.2. The Morgan fingerprint density at radius 2 is 1.96 bits per heavy atom. The van der Waals surface area contributed by atoms with Gasteiger partial charge in [0.2, 0.25) is 0 Å². The van der Waals surface area contributed by atoms with Crippen LogP contribution in [0, 0.1) is 6.92 Å². The highest BCUT2D eigenvalue weighted by Crippen LogP contribution is 2.29. The molecular weight excluding hydrogens is 336 g/mol. The molecule has 3 atom stereocenters. The first-order valence-corrected chi connectivity index (χ1v) is 8.85. The maximum Gasteiger partial charge on any atom is 0.263 e. The summed E-state index contributed by atoms with van der Waals surface area (Å²) in [7, 11) is 0. The van der Waals surface area contributed by atoms with Crippen molar-refractivity contribution >= 4 is 17.5 Å². The molecule has 132 valence electrons. The van der Waals surface area contributed by atoms with E-state index in [2.05, 4.69) is 12.1 Å². The molecule has 1 fully saturated rings. The number of benzene rings is 2. The van der Waals surface area contributed by atoms with Crippen LogP contribution in [0.1, 0.15) is 24.0 Å². The van der Waals surface area contributed by atoms with Crippen LogP contribution >= 0.6 is 11.6 Å². The van der Waals surface area contributed by atoms with Crippen molar-refractivity contribution in [3.63, 3.8) is 0 Å². The van der Waals surface area contributed by atoms with Crippen molar-refractivity contribution in [3.05, 3.63) is 64.7 Å². The fourth-order valence-electron chi connectivity index (χ4n) is 3.26. The molecule has 5 heteroatoms. The summed E-state index contributed by atoms with van der Waals surface area (Å²) in [5.74, 6) is 0.622. The van der Waals surface area contributed by atoms with Gasteiger partial charge in [-0.05, 0) is 37.1 Å². The Morgan fingerprint density at radius 3 is 2.68 bits per heavy atom. The lowest BCUT2D eigenvalue weighted by atomic mass is 9.95. The third-order valence-corrected chi connectivity index (χ3v) is 4.95. The van der Waals surface area contributed by atoms with Crippen LogP contribution in [0.15, 0.2) is 48.5 Å². The molecule has 0 aromatic heterocycles. The number of nitrogens with zero attached hydrogens (tertiary/aromatic N) is 1. The lowest BCUT2D eigenvalue weighted by Gasteiger charge is -2.22. The minimum atomic E-state index is -0.610. The molecule has 1 aliphatic heterocycles. The van der Waals surface area contributed by atoms with Gasteiger partial charge in [-0.2, -0.15) is 0 Å². The number of aryl methyl sites for hydroxylation is 1. The van der Waals surface area contributed by atoms with Crippen LogP contribution in [-0.4, -0.2) is 36.0 Å². The van der Waals surface area contributed by atoms with Crippen molar-refractivity contribution in [1.82, 2.24) is 4.90 Å². The number of rotatable bonds is 4. The molecule has 1 aliphatic rings. The van der Waals surface area contributed by atoms with Crippen LogP contribution in [-0.2, 0) is 4.79 Å². The van der Waals surface area contributed by atoms with E-state index in [1.807, 2.05) is 37.3 Å². The lowest BCUT2D eigenvalue weighted by molar-refractivity contribution is -0.136. The quantitative estimate of drug-likeness (QED) is 0.911. The minimum Gasteiger partial charge on any atom is -0.479 e. The first kappa shape index (κ1) is 17.8. The molecule has 1 unspecified atom stereocenters. The maximum absolute atomic E-state index is 12.8. The van der Waals surface area contributed by atoms with Crippen molar-refractivity contribution < 1.29 is 9.53 Å². The van der Waals surface area contributed by atoms with Gasteiger partial charge in [0.15, 0.2) is 6.10 Å². The van der Waals surface area contributed by atoms with Crippen LogP contribution < -0.4 is 10.5 Å². The number of ether oxygens (including phenoxy) is 1. The fraction of sp³-hybridized carbons (Fsp3) is 0.350. The first-order valence-electron chi connectivity index (χ1n) is 8.48. The molecule has 0 spiro atoms. The summed E-state index contributed by atoms with van der Waals surface area (Å²) in [5, 5.41) is 0.505. The fourth-order valence-corrected chi connectivity index (χ4v) is 3.42. The Labute approximate surface area is 153 Å². The second-order valence-corrected chi connectivity index (χ2v) is 7.03. The Balaban J connectivity index is 1.68. The summed E-state index contributed by atoms with van der Waals surface area (Å²) < 4.78 is 5.81. The number of halogens is 1. The van der Waals surface area contributed by atoms with Crippen molar-refractivity contribution in [2.45, 2.75) is 31.9 Å². The van der Waals surface area contributed by atoms with Gasteiger partial charge in [0.1, 0.15) is 5.75 Å². The molecule has 1 saturated heterocycles. The van der Waals surface area contributed by atoms with Gasteiger partial charge in [0.05, 0.1) is 5.02 Å². The van der Waals surface area contributed by atoms with Crippen molar-refractivity contribution in [1.29, 1.82) is 0 Å². The molecule has 1 amide bonds. The van der Waals surface area contributed by atoms with E-state index in [4.69, 9.17) is 22.1 Å². The van der Waals surface area contributed by atoms with Crippen molar-refractivity contribution in [2.75, 3.05) is 13.1 Å². The normalized spacial score (nSPS) is 21.2. The van der Waals surface area contributed by atoms with Crippen LogP contribution in [0.5, 0.6) is 5.75 Å². The third kappa shape index (κ3) is 3.97. The SMILES string of the molecule is Cc1ccc(Cl)c(OC(C)C(=O)N2C[C@@H](N)[C@H](c3ccccc3)C2)c1. The third-order valence-electron chi connectivity index (χ3n) is 4.64. The van der Waals surface area contributed by atoms with Gasteiger partial charge < -0.3 is 15.4 Å². The van der Waals surface area contributed by atoms with Gasteiger partial charge >= 0.3 is 0 Å². The molecule has 0 aliphatic carbocycles. The zero-order chi connectivity index (χ0) is 18.0. The van der Waals surface area contributed by atoms with E-state index in [-0.39, 0.29) is 17.9 Å². The number of nitrogens with two attached hydrogens (primary N) is 1. The monoisotopic (exact) mass is 358 g/mol. The average molecular weight is 359 g/mol. The van der Waals surface area contributed by atoms with Gasteiger partial charge in [0.25, 0.3) is 5.91 Å². The summed E-state index contributed by atoms with van der Waals surface area (Å²) in [6.07, 6.45) is -0.610. The summed E-state index contributed by atoms with van der Waals surface area (Å²) in [4.78, 5) is 14.6. The Bertz CT molecular complexity index is 751. The molecule has 2 aromatic rings. The Morgan fingerprint density at radius 1 is 1.24 bits per heavy atom.